The van der Waals surface area contributed by atoms with E-state index >= 15 is 0 Å². The summed E-state index contributed by atoms with van der Waals surface area (Å²) in [6.07, 6.45) is 4.00. The minimum atomic E-state index is -0.0197. The summed E-state index contributed by atoms with van der Waals surface area (Å²) in [4.78, 5) is 20.4. The standard InChI is InChI=1S/C18H21N5O2S/c1-23-17-15(10-22-23)18(21-13-20-17)26-12-16(24)19-8-5-9-25-11-14-6-3-2-4-7-14/h2-4,6-7,10,13H,5,8-9,11-12H2,1H3,(H,19,24). The van der Waals surface area contributed by atoms with Crippen molar-refractivity contribution in [2.24, 2.45) is 7.05 Å². The van der Waals surface area contributed by atoms with Gasteiger partial charge in [0.05, 0.1) is 23.9 Å². The van der Waals surface area contributed by atoms with Crippen molar-refractivity contribution in [2.75, 3.05) is 18.9 Å². The summed E-state index contributed by atoms with van der Waals surface area (Å²) < 4.78 is 7.29. The van der Waals surface area contributed by atoms with Gasteiger partial charge in [0.1, 0.15) is 11.4 Å². The van der Waals surface area contributed by atoms with Gasteiger partial charge in [-0.1, -0.05) is 42.1 Å². The first kappa shape index (κ1) is 18.3. The predicted octanol–water partition coefficient (Wildman–Crippen LogP) is 2.18. The first-order valence-electron chi connectivity index (χ1n) is 8.38. The number of hydrogen-bond donors (Lipinski definition) is 1. The molecule has 0 saturated heterocycles. The predicted molar refractivity (Wildman–Crippen MR) is 101 cm³/mol. The largest absolute Gasteiger partial charge is 0.377 e. The van der Waals surface area contributed by atoms with E-state index in [0.29, 0.717) is 25.5 Å². The van der Waals surface area contributed by atoms with E-state index < -0.39 is 0 Å². The highest BCUT2D eigenvalue weighted by Crippen LogP contribution is 2.23. The lowest BCUT2D eigenvalue weighted by Gasteiger charge is -2.06. The number of carbonyl (C=O) groups excluding carboxylic acids is 1. The molecule has 0 aliphatic rings. The smallest absolute Gasteiger partial charge is 0.230 e. The second-order valence-electron chi connectivity index (χ2n) is 5.71. The number of fused-ring (bicyclic) bond motifs is 1. The van der Waals surface area contributed by atoms with Crippen molar-refractivity contribution < 1.29 is 9.53 Å². The molecule has 0 saturated carbocycles. The van der Waals surface area contributed by atoms with E-state index in [4.69, 9.17) is 4.74 Å². The maximum absolute atomic E-state index is 12.0. The van der Waals surface area contributed by atoms with Crippen LogP contribution in [0.3, 0.4) is 0 Å². The zero-order chi connectivity index (χ0) is 18.2. The molecule has 2 heterocycles. The van der Waals surface area contributed by atoms with Gasteiger partial charge in [-0.15, -0.1) is 0 Å². The van der Waals surface area contributed by atoms with Crippen LogP contribution in [-0.4, -0.2) is 44.6 Å². The van der Waals surface area contributed by atoms with E-state index in [2.05, 4.69) is 20.4 Å². The number of rotatable bonds is 9. The van der Waals surface area contributed by atoms with Gasteiger partial charge in [-0.3, -0.25) is 9.48 Å². The molecule has 26 heavy (non-hydrogen) atoms. The van der Waals surface area contributed by atoms with Gasteiger partial charge in [-0.25, -0.2) is 9.97 Å². The molecule has 0 unspecified atom stereocenters. The quantitative estimate of drug-likeness (QED) is 0.353. The molecule has 0 radical (unpaired) electrons. The van der Waals surface area contributed by atoms with Crippen LogP contribution in [0.4, 0.5) is 0 Å². The van der Waals surface area contributed by atoms with Crippen LogP contribution in [0.2, 0.25) is 0 Å². The van der Waals surface area contributed by atoms with Gasteiger partial charge in [-0.05, 0) is 12.0 Å². The Kier molecular flexibility index (Phi) is 6.56. The zero-order valence-electron chi connectivity index (χ0n) is 14.6. The Hall–Kier alpha value is -2.45. The minimum absolute atomic E-state index is 0.0197. The fourth-order valence-corrected chi connectivity index (χ4v) is 3.20. The van der Waals surface area contributed by atoms with Gasteiger partial charge in [-0.2, -0.15) is 5.10 Å². The topological polar surface area (TPSA) is 81.9 Å². The van der Waals surface area contributed by atoms with Crippen LogP contribution in [0.5, 0.6) is 0 Å². The molecule has 1 aromatic carbocycles. The molecular weight excluding hydrogens is 350 g/mol. The number of aromatic nitrogens is 4. The van der Waals surface area contributed by atoms with Gasteiger partial charge in [0.2, 0.25) is 5.91 Å². The maximum Gasteiger partial charge on any atom is 0.230 e. The van der Waals surface area contributed by atoms with Crippen LogP contribution in [0.1, 0.15) is 12.0 Å². The third-order valence-electron chi connectivity index (χ3n) is 3.73. The number of benzene rings is 1. The van der Waals surface area contributed by atoms with Crippen LogP contribution in [0, 0.1) is 0 Å². The van der Waals surface area contributed by atoms with Gasteiger partial charge in [0, 0.05) is 20.2 Å². The number of nitrogens with one attached hydrogen (secondary N) is 1. The zero-order valence-corrected chi connectivity index (χ0v) is 15.4. The average molecular weight is 371 g/mol. The summed E-state index contributed by atoms with van der Waals surface area (Å²) in [6.45, 7) is 1.81. The van der Waals surface area contributed by atoms with Crippen LogP contribution < -0.4 is 5.32 Å². The molecule has 0 fully saturated rings. The molecule has 2 aromatic heterocycles. The lowest BCUT2D eigenvalue weighted by molar-refractivity contribution is -0.118. The van der Waals surface area contributed by atoms with Crippen molar-refractivity contribution in [1.29, 1.82) is 0 Å². The molecule has 0 aliphatic carbocycles. The molecule has 3 aromatic rings. The Morgan fingerprint density at radius 1 is 1.27 bits per heavy atom. The Morgan fingerprint density at radius 3 is 2.96 bits per heavy atom. The number of aryl methyl sites for hydroxylation is 1. The van der Waals surface area contributed by atoms with Gasteiger partial charge in [0.15, 0.2) is 5.65 Å². The maximum atomic E-state index is 12.0. The molecule has 136 valence electrons. The molecular formula is C18H21N5O2S. The third-order valence-corrected chi connectivity index (χ3v) is 4.74. The van der Waals surface area contributed by atoms with Crippen molar-refractivity contribution in [3.8, 4) is 0 Å². The van der Waals surface area contributed by atoms with E-state index in [1.807, 2.05) is 37.4 Å². The van der Waals surface area contributed by atoms with E-state index in [1.54, 1.807) is 10.9 Å². The number of carbonyl (C=O) groups is 1. The molecule has 8 heteroatoms. The van der Waals surface area contributed by atoms with Gasteiger partial charge in [0.25, 0.3) is 0 Å². The Morgan fingerprint density at radius 2 is 2.12 bits per heavy atom. The molecule has 0 bridgehead atoms. The third kappa shape index (κ3) is 5.03. The molecule has 1 N–H and O–H groups in total. The highest BCUT2D eigenvalue weighted by Gasteiger charge is 2.10. The monoisotopic (exact) mass is 371 g/mol. The fourth-order valence-electron chi connectivity index (χ4n) is 2.41. The van der Waals surface area contributed by atoms with Crippen LogP contribution >= 0.6 is 11.8 Å². The normalized spacial score (nSPS) is 11.0. The highest BCUT2D eigenvalue weighted by molar-refractivity contribution is 8.00. The molecule has 0 aliphatic heterocycles. The van der Waals surface area contributed by atoms with E-state index in [-0.39, 0.29) is 5.91 Å². The van der Waals surface area contributed by atoms with Crippen molar-refractivity contribution >= 4 is 28.7 Å². The number of nitrogens with zero attached hydrogens (tertiary/aromatic N) is 4. The summed E-state index contributed by atoms with van der Waals surface area (Å²) in [5.74, 6) is 0.292. The lowest BCUT2D eigenvalue weighted by atomic mass is 10.2. The molecule has 0 atom stereocenters. The van der Waals surface area contributed by atoms with Crippen molar-refractivity contribution in [1.82, 2.24) is 25.1 Å². The number of thioether (sulfide) groups is 1. The Balaban J connectivity index is 1.33. The molecule has 3 rings (SSSR count). The summed E-state index contributed by atoms with van der Waals surface area (Å²) in [7, 11) is 1.83. The second kappa shape index (κ2) is 9.30. The minimum Gasteiger partial charge on any atom is -0.377 e. The van der Waals surface area contributed by atoms with Crippen LogP contribution in [-0.2, 0) is 23.2 Å². The summed E-state index contributed by atoms with van der Waals surface area (Å²) in [5, 5.41) is 8.70. The van der Waals surface area contributed by atoms with Gasteiger partial charge < -0.3 is 10.1 Å². The molecule has 7 nitrogen and oxygen atoms in total. The van der Waals surface area contributed by atoms with E-state index in [1.165, 1.54) is 18.1 Å². The van der Waals surface area contributed by atoms with E-state index in [0.717, 1.165) is 28.0 Å². The first-order chi connectivity index (χ1) is 12.7. The first-order valence-corrected chi connectivity index (χ1v) is 9.36. The van der Waals surface area contributed by atoms with Crippen LogP contribution in [0.25, 0.3) is 11.0 Å². The highest BCUT2D eigenvalue weighted by atomic mass is 32.2. The number of amides is 1. The summed E-state index contributed by atoms with van der Waals surface area (Å²) >= 11 is 1.39. The average Bonchev–Trinajstić information content (AvgIpc) is 3.05. The summed E-state index contributed by atoms with van der Waals surface area (Å²) in [6, 6.07) is 10.0. The number of ether oxygens (including phenoxy) is 1. The Labute approximate surface area is 156 Å². The molecule has 0 spiro atoms. The van der Waals surface area contributed by atoms with Crippen LogP contribution in [0.15, 0.2) is 47.9 Å². The summed E-state index contributed by atoms with van der Waals surface area (Å²) in [5.41, 5.74) is 1.91. The number of hydrogen-bond acceptors (Lipinski definition) is 6. The lowest BCUT2D eigenvalue weighted by Crippen LogP contribution is -2.26. The second-order valence-corrected chi connectivity index (χ2v) is 6.68. The van der Waals surface area contributed by atoms with Crippen molar-refractivity contribution in [3.63, 3.8) is 0 Å². The van der Waals surface area contributed by atoms with E-state index in [9.17, 15) is 4.79 Å². The Bertz CT molecular complexity index is 853. The fraction of sp³-hybridized carbons (Fsp3) is 0.333. The van der Waals surface area contributed by atoms with Crippen molar-refractivity contribution in [2.45, 2.75) is 18.1 Å². The SMILES string of the molecule is Cn1ncc2c(SCC(=O)NCCCOCc3ccccc3)ncnc21. The molecule has 1 amide bonds. The van der Waals surface area contributed by atoms with Crippen molar-refractivity contribution in [3.05, 3.63) is 48.4 Å². The van der Waals surface area contributed by atoms with Gasteiger partial charge >= 0.3 is 0 Å².